The van der Waals surface area contributed by atoms with Crippen molar-refractivity contribution in [2.24, 2.45) is 5.92 Å². The summed E-state index contributed by atoms with van der Waals surface area (Å²) in [5.41, 5.74) is 2.66. The lowest BCUT2D eigenvalue weighted by molar-refractivity contribution is -0.127. The van der Waals surface area contributed by atoms with Crippen molar-refractivity contribution >= 4 is 21.8 Å². The van der Waals surface area contributed by atoms with Crippen molar-refractivity contribution in [3.8, 4) is 0 Å². The SMILES string of the molecule is C[C@@H](CCc1ccccc1)NC(=O)C1CCN(Cc2ccc(Br)cc2)CC1. The second-order valence-corrected chi connectivity index (χ2v) is 8.53. The predicted molar refractivity (Wildman–Crippen MR) is 115 cm³/mol. The van der Waals surface area contributed by atoms with Gasteiger partial charge in [-0.3, -0.25) is 9.69 Å². The van der Waals surface area contributed by atoms with Gasteiger partial charge in [-0.2, -0.15) is 0 Å². The molecular formula is C23H29BrN2O. The zero-order chi connectivity index (χ0) is 19.1. The van der Waals surface area contributed by atoms with Crippen LogP contribution in [0.25, 0.3) is 0 Å². The summed E-state index contributed by atoms with van der Waals surface area (Å²) < 4.78 is 1.11. The number of amides is 1. The van der Waals surface area contributed by atoms with Crippen molar-refractivity contribution in [2.75, 3.05) is 13.1 Å². The Balaban J connectivity index is 1.38. The van der Waals surface area contributed by atoms with Gasteiger partial charge in [0.15, 0.2) is 0 Å². The molecule has 2 aromatic rings. The first-order valence-corrected chi connectivity index (χ1v) is 10.7. The van der Waals surface area contributed by atoms with E-state index < -0.39 is 0 Å². The van der Waals surface area contributed by atoms with Crippen molar-refractivity contribution in [3.05, 3.63) is 70.2 Å². The van der Waals surface area contributed by atoms with E-state index in [9.17, 15) is 4.79 Å². The Morgan fingerprint density at radius 2 is 1.74 bits per heavy atom. The minimum atomic E-state index is 0.158. The number of likely N-dealkylation sites (tertiary alicyclic amines) is 1. The smallest absolute Gasteiger partial charge is 0.223 e. The van der Waals surface area contributed by atoms with Crippen molar-refractivity contribution in [1.82, 2.24) is 10.2 Å². The molecule has 1 aliphatic rings. The van der Waals surface area contributed by atoms with Crippen LogP contribution in [-0.4, -0.2) is 29.9 Å². The van der Waals surface area contributed by atoms with E-state index in [-0.39, 0.29) is 17.9 Å². The van der Waals surface area contributed by atoms with Gasteiger partial charge in [0, 0.05) is 23.0 Å². The predicted octanol–water partition coefficient (Wildman–Crippen LogP) is 4.80. The highest BCUT2D eigenvalue weighted by Gasteiger charge is 2.25. The lowest BCUT2D eigenvalue weighted by atomic mass is 9.95. The third-order valence-corrected chi connectivity index (χ3v) is 5.90. The first-order chi connectivity index (χ1) is 13.1. The number of piperidine rings is 1. The summed E-state index contributed by atoms with van der Waals surface area (Å²) in [6.07, 6.45) is 3.90. The largest absolute Gasteiger partial charge is 0.353 e. The molecule has 1 aliphatic heterocycles. The Kier molecular flexibility index (Phi) is 7.48. The number of carbonyl (C=O) groups excluding carboxylic acids is 1. The highest BCUT2D eigenvalue weighted by molar-refractivity contribution is 9.10. The number of benzene rings is 2. The molecule has 1 saturated heterocycles. The van der Waals surface area contributed by atoms with Crippen LogP contribution in [0, 0.1) is 5.92 Å². The molecule has 3 rings (SSSR count). The molecule has 0 spiro atoms. The van der Waals surface area contributed by atoms with Crippen molar-refractivity contribution in [3.63, 3.8) is 0 Å². The van der Waals surface area contributed by atoms with Gasteiger partial charge in [0.2, 0.25) is 5.91 Å². The summed E-state index contributed by atoms with van der Waals surface area (Å²) >= 11 is 3.48. The Morgan fingerprint density at radius 3 is 2.41 bits per heavy atom. The van der Waals surface area contributed by atoms with Crippen molar-refractivity contribution in [2.45, 2.75) is 45.2 Å². The second kappa shape index (κ2) is 10.0. The van der Waals surface area contributed by atoms with Gasteiger partial charge in [0.05, 0.1) is 0 Å². The van der Waals surface area contributed by atoms with E-state index >= 15 is 0 Å². The molecule has 1 amide bonds. The molecule has 2 aromatic carbocycles. The van der Waals surface area contributed by atoms with Crippen LogP contribution in [0.1, 0.15) is 37.3 Å². The third kappa shape index (κ3) is 6.47. The van der Waals surface area contributed by atoms with Crippen molar-refractivity contribution < 1.29 is 4.79 Å². The molecule has 1 heterocycles. The summed E-state index contributed by atoms with van der Waals surface area (Å²) in [4.78, 5) is 15.0. The Bertz CT molecular complexity index is 709. The third-order valence-electron chi connectivity index (χ3n) is 5.38. The standard InChI is InChI=1S/C23H29BrN2O/c1-18(7-8-19-5-3-2-4-6-19)25-23(27)21-13-15-26(16-14-21)17-20-9-11-22(24)12-10-20/h2-6,9-12,18,21H,7-8,13-17H2,1H3,(H,25,27)/t18-/m0/s1. The monoisotopic (exact) mass is 428 g/mol. The molecule has 27 heavy (non-hydrogen) atoms. The molecule has 0 aromatic heterocycles. The van der Waals surface area contributed by atoms with Gasteiger partial charge >= 0.3 is 0 Å². The van der Waals surface area contributed by atoms with Gasteiger partial charge in [0.1, 0.15) is 0 Å². The van der Waals surface area contributed by atoms with Crippen LogP contribution < -0.4 is 5.32 Å². The fraction of sp³-hybridized carbons (Fsp3) is 0.435. The van der Waals surface area contributed by atoms with E-state index in [0.717, 1.165) is 49.8 Å². The molecule has 1 N–H and O–H groups in total. The minimum Gasteiger partial charge on any atom is -0.353 e. The van der Waals surface area contributed by atoms with Crippen LogP contribution >= 0.6 is 15.9 Å². The first kappa shape index (κ1) is 20.1. The Hall–Kier alpha value is -1.65. The summed E-state index contributed by atoms with van der Waals surface area (Å²) in [7, 11) is 0. The second-order valence-electron chi connectivity index (χ2n) is 7.61. The molecule has 0 radical (unpaired) electrons. The van der Waals surface area contributed by atoms with E-state index in [1.165, 1.54) is 11.1 Å². The normalized spacial score (nSPS) is 16.8. The molecule has 0 aliphatic carbocycles. The van der Waals surface area contributed by atoms with E-state index in [2.05, 4.69) is 81.6 Å². The van der Waals surface area contributed by atoms with Crippen LogP contribution in [0.4, 0.5) is 0 Å². The molecule has 3 nitrogen and oxygen atoms in total. The quantitative estimate of drug-likeness (QED) is 0.686. The van der Waals surface area contributed by atoms with Crippen LogP contribution in [0.5, 0.6) is 0 Å². The molecule has 0 unspecified atom stereocenters. The number of halogens is 1. The average molecular weight is 429 g/mol. The lowest BCUT2D eigenvalue weighted by Crippen LogP contribution is -2.43. The fourth-order valence-electron chi connectivity index (χ4n) is 3.66. The van der Waals surface area contributed by atoms with Crippen LogP contribution in [-0.2, 0) is 17.8 Å². The molecule has 0 saturated carbocycles. The fourth-order valence-corrected chi connectivity index (χ4v) is 3.93. The van der Waals surface area contributed by atoms with Gasteiger partial charge in [-0.1, -0.05) is 58.4 Å². The van der Waals surface area contributed by atoms with Gasteiger partial charge in [-0.05, 0) is 69.0 Å². The highest BCUT2D eigenvalue weighted by atomic mass is 79.9. The molecule has 4 heteroatoms. The number of hydrogen-bond donors (Lipinski definition) is 1. The minimum absolute atomic E-state index is 0.158. The maximum atomic E-state index is 12.6. The lowest BCUT2D eigenvalue weighted by Gasteiger charge is -2.32. The first-order valence-electron chi connectivity index (χ1n) is 9.91. The van der Waals surface area contributed by atoms with E-state index in [4.69, 9.17) is 0 Å². The molecule has 1 atom stereocenters. The van der Waals surface area contributed by atoms with Gasteiger partial charge in [-0.25, -0.2) is 0 Å². The number of aryl methyl sites for hydroxylation is 1. The van der Waals surface area contributed by atoms with E-state index in [1.807, 2.05) is 6.07 Å². The van der Waals surface area contributed by atoms with Gasteiger partial charge in [-0.15, -0.1) is 0 Å². The molecule has 144 valence electrons. The topological polar surface area (TPSA) is 32.3 Å². The molecule has 0 bridgehead atoms. The van der Waals surface area contributed by atoms with Gasteiger partial charge in [0.25, 0.3) is 0 Å². The number of carbonyl (C=O) groups is 1. The number of hydrogen-bond acceptors (Lipinski definition) is 2. The van der Waals surface area contributed by atoms with E-state index in [1.54, 1.807) is 0 Å². The summed E-state index contributed by atoms with van der Waals surface area (Å²) in [6, 6.07) is 19.2. The number of rotatable bonds is 7. The van der Waals surface area contributed by atoms with Crippen molar-refractivity contribution in [1.29, 1.82) is 0 Å². The molecule has 1 fully saturated rings. The van der Waals surface area contributed by atoms with Crippen LogP contribution in [0.15, 0.2) is 59.1 Å². The number of nitrogens with zero attached hydrogens (tertiary/aromatic N) is 1. The van der Waals surface area contributed by atoms with E-state index in [0.29, 0.717) is 0 Å². The Morgan fingerprint density at radius 1 is 1.07 bits per heavy atom. The zero-order valence-electron chi connectivity index (χ0n) is 16.0. The maximum Gasteiger partial charge on any atom is 0.223 e. The van der Waals surface area contributed by atoms with Gasteiger partial charge < -0.3 is 5.32 Å². The maximum absolute atomic E-state index is 12.6. The van der Waals surface area contributed by atoms with Crippen LogP contribution in [0.3, 0.4) is 0 Å². The summed E-state index contributed by atoms with van der Waals surface area (Å²) in [5.74, 6) is 0.393. The Labute approximate surface area is 171 Å². The van der Waals surface area contributed by atoms with Crippen LogP contribution in [0.2, 0.25) is 0 Å². The summed E-state index contributed by atoms with van der Waals surface area (Å²) in [5, 5.41) is 3.23. The highest BCUT2D eigenvalue weighted by Crippen LogP contribution is 2.20. The summed E-state index contributed by atoms with van der Waals surface area (Å²) in [6.45, 7) is 5.07. The average Bonchev–Trinajstić information content (AvgIpc) is 2.69. The molecular weight excluding hydrogens is 400 g/mol. The number of nitrogens with one attached hydrogen (secondary N) is 1. The zero-order valence-corrected chi connectivity index (χ0v) is 17.6.